The van der Waals surface area contributed by atoms with Gasteiger partial charge in [-0.15, -0.1) is 0 Å². The summed E-state index contributed by atoms with van der Waals surface area (Å²) in [6.07, 6.45) is 4.95. The second kappa shape index (κ2) is 6.79. The first kappa shape index (κ1) is 16.1. The highest BCUT2D eigenvalue weighted by Gasteiger charge is 2.52. The first-order valence-corrected chi connectivity index (χ1v) is 8.21. The number of benzene rings is 1. The molecular formula is C18H24O5. The highest BCUT2D eigenvalue weighted by atomic mass is 16.7. The van der Waals surface area contributed by atoms with E-state index in [0.29, 0.717) is 12.3 Å². The predicted octanol–water partition coefficient (Wildman–Crippen LogP) is 3.10. The first-order valence-electron chi connectivity index (χ1n) is 8.21. The van der Waals surface area contributed by atoms with Crippen molar-refractivity contribution < 1.29 is 23.7 Å². The van der Waals surface area contributed by atoms with Crippen LogP contribution in [0.15, 0.2) is 18.2 Å². The van der Waals surface area contributed by atoms with Crippen LogP contribution in [0.4, 0.5) is 0 Å². The Labute approximate surface area is 136 Å². The van der Waals surface area contributed by atoms with Gasteiger partial charge in [0.15, 0.2) is 11.5 Å². The second-order valence-corrected chi connectivity index (χ2v) is 6.41. The Bertz CT molecular complexity index is 563. The third kappa shape index (κ3) is 3.61. The fourth-order valence-corrected chi connectivity index (χ4v) is 3.33. The van der Waals surface area contributed by atoms with Crippen LogP contribution in [0.5, 0.6) is 11.5 Å². The Morgan fingerprint density at radius 1 is 1.22 bits per heavy atom. The Morgan fingerprint density at radius 2 is 2.00 bits per heavy atom. The van der Waals surface area contributed by atoms with Crippen LogP contribution >= 0.6 is 0 Å². The third-order valence-corrected chi connectivity index (χ3v) is 4.53. The first-order chi connectivity index (χ1) is 11.1. The van der Waals surface area contributed by atoms with Crippen LogP contribution in [-0.4, -0.2) is 32.6 Å². The minimum atomic E-state index is -0.463. The molecule has 0 aromatic heterocycles. The van der Waals surface area contributed by atoms with Gasteiger partial charge in [0.1, 0.15) is 0 Å². The number of esters is 1. The molecule has 1 spiro atoms. The molecule has 5 heteroatoms. The second-order valence-electron chi connectivity index (χ2n) is 6.41. The molecule has 126 valence electrons. The monoisotopic (exact) mass is 320 g/mol. The van der Waals surface area contributed by atoms with Gasteiger partial charge in [-0.1, -0.05) is 6.07 Å². The number of hydrogen-bond acceptors (Lipinski definition) is 5. The van der Waals surface area contributed by atoms with Crippen molar-refractivity contribution in [2.45, 2.75) is 44.3 Å². The molecule has 1 fully saturated rings. The number of hydrogen-bond donors (Lipinski definition) is 0. The van der Waals surface area contributed by atoms with E-state index in [1.807, 2.05) is 6.07 Å². The molecule has 0 saturated heterocycles. The third-order valence-electron chi connectivity index (χ3n) is 4.53. The molecular weight excluding hydrogens is 296 g/mol. The maximum Gasteiger partial charge on any atom is 0.305 e. The Hall–Kier alpha value is -1.75. The van der Waals surface area contributed by atoms with Crippen LogP contribution in [-0.2, 0) is 20.7 Å². The van der Waals surface area contributed by atoms with Crippen molar-refractivity contribution in [3.63, 3.8) is 0 Å². The van der Waals surface area contributed by atoms with Crippen LogP contribution in [0.2, 0.25) is 0 Å². The fourth-order valence-electron chi connectivity index (χ4n) is 3.33. The van der Waals surface area contributed by atoms with E-state index < -0.39 is 5.79 Å². The van der Waals surface area contributed by atoms with E-state index >= 15 is 0 Å². The molecule has 5 nitrogen and oxygen atoms in total. The normalized spacial score (nSPS) is 24.5. The molecule has 1 aromatic rings. The van der Waals surface area contributed by atoms with Crippen LogP contribution in [0.25, 0.3) is 0 Å². The van der Waals surface area contributed by atoms with Gasteiger partial charge in [-0.05, 0) is 42.9 Å². The molecule has 23 heavy (non-hydrogen) atoms. The van der Waals surface area contributed by atoms with Crippen molar-refractivity contribution in [2.24, 2.45) is 5.92 Å². The minimum Gasteiger partial charge on any atom is -0.469 e. The van der Waals surface area contributed by atoms with Crippen LogP contribution in [0.1, 0.15) is 37.7 Å². The lowest BCUT2D eigenvalue weighted by molar-refractivity contribution is -0.178. The van der Waals surface area contributed by atoms with Crippen molar-refractivity contribution in [2.75, 3.05) is 20.8 Å². The van der Waals surface area contributed by atoms with Gasteiger partial charge in [0.05, 0.1) is 7.11 Å². The highest BCUT2D eigenvalue weighted by molar-refractivity contribution is 5.68. The molecule has 1 saturated carbocycles. The summed E-state index contributed by atoms with van der Waals surface area (Å²) in [6.45, 7) is 0.760. The van der Waals surface area contributed by atoms with Crippen molar-refractivity contribution >= 4 is 5.97 Å². The number of ether oxygens (including phenoxy) is 4. The number of rotatable bonds is 7. The Kier molecular flexibility index (Phi) is 4.76. The number of carbonyl (C=O) groups is 1. The van der Waals surface area contributed by atoms with E-state index in [4.69, 9.17) is 14.2 Å². The summed E-state index contributed by atoms with van der Waals surface area (Å²) in [4.78, 5) is 11.1. The fraction of sp³-hybridized carbons (Fsp3) is 0.611. The Balaban J connectivity index is 1.49. The number of aryl methyl sites for hydroxylation is 1. The maximum atomic E-state index is 11.1. The lowest BCUT2D eigenvalue weighted by Crippen LogP contribution is -2.52. The molecule has 0 atom stereocenters. The van der Waals surface area contributed by atoms with E-state index in [1.54, 1.807) is 7.11 Å². The number of fused-ring (bicyclic) bond motifs is 1. The van der Waals surface area contributed by atoms with E-state index in [0.717, 1.165) is 50.2 Å². The topological polar surface area (TPSA) is 54.0 Å². The maximum absolute atomic E-state index is 11.1. The molecule has 1 aromatic carbocycles. The van der Waals surface area contributed by atoms with E-state index in [-0.39, 0.29) is 5.97 Å². The molecule has 3 rings (SSSR count). The quantitative estimate of drug-likeness (QED) is 0.571. The van der Waals surface area contributed by atoms with Gasteiger partial charge in [-0.3, -0.25) is 4.79 Å². The van der Waals surface area contributed by atoms with Gasteiger partial charge in [0.25, 0.3) is 5.79 Å². The molecule has 1 aliphatic carbocycles. The smallest absolute Gasteiger partial charge is 0.305 e. The van der Waals surface area contributed by atoms with Crippen molar-refractivity contribution in [1.82, 2.24) is 0 Å². The lowest BCUT2D eigenvalue weighted by Gasteiger charge is -2.41. The van der Waals surface area contributed by atoms with Crippen LogP contribution < -0.4 is 9.47 Å². The van der Waals surface area contributed by atoms with Gasteiger partial charge < -0.3 is 18.9 Å². The van der Waals surface area contributed by atoms with E-state index in [2.05, 4.69) is 16.9 Å². The number of unbranched alkanes of at least 4 members (excludes halogenated alkanes) is 1. The summed E-state index contributed by atoms with van der Waals surface area (Å²) in [5.74, 6) is 1.58. The van der Waals surface area contributed by atoms with Gasteiger partial charge in [0.2, 0.25) is 0 Å². The molecule has 0 radical (unpaired) electrons. The number of carbonyl (C=O) groups excluding carboxylic acids is 1. The molecule has 0 N–H and O–H groups in total. The summed E-state index contributed by atoms with van der Waals surface area (Å²) >= 11 is 0. The van der Waals surface area contributed by atoms with Crippen molar-refractivity contribution in [1.29, 1.82) is 0 Å². The summed E-state index contributed by atoms with van der Waals surface area (Å²) in [5.41, 5.74) is 1.21. The van der Waals surface area contributed by atoms with Crippen LogP contribution in [0, 0.1) is 5.92 Å². The van der Waals surface area contributed by atoms with Gasteiger partial charge in [-0.2, -0.15) is 0 Å². The molecule has 2 aliphatic rings. The molecule has 0 unspecified atom stereocenters. The summed E-state index contributed by atoms with van der Waals surface area (Å²) < 4.78 is 21.9. The zero-order valence-electron chi connectivity index (χ0n) is 13.8. The minimum absolute atomic E-state index is 0.145. The van der Waals surface area contributed by atoms with Crippen molar-refractivity contribution in [3.8, 4) is 11.5 Å². The molecule has 0 amide bonds. The Morgan fingerprint density at radius 3 is 2.74 bits per heavy atom. The lowest BCUT2D eigenvalue weighted by atomic mass is 9.79. The summed E-state index contributed by atoms with van der Waals surface area (Å²) in [5, 5.41) is 0. The van der Waals surface area contributed by atoms with Gasteiger partial charge >= 0.3 is 5.97 Å². The number of methoxy groups -OCH3 is 2. The van der Waals surface area contributed by atoms with Gasteiger partial charge in [0, 0.05) is 33.0 Å². The van der Waals surface area contributed by atoms with Crippen LogP contribution in [0.3, 0.4) is 0 Å². The average Bonchev–Trinajstić information content (AvgIpc) is 2.89. The SMILES string of the molecule is COCC1CC2(C1)Oc1ccc(CCCCC(=O)OC)cc1O2. The zero-order chi connectivity index (χ0) is 16.3. The molecule has 1 aliphatic heterocycles. The largest absolute Gasteiger partial charge is 0.469 e. The zero-order valence-corrected chi connectivity index (χ0v) is 13.8. The highest BCUT2D eigenvalue weighted by Crippen LogP contribution is 2.50. The average molecular weight is 320 g/mol. The van der Waals surface area contributed by atoms with E-state index in [1.165, 1.54) is 12.7 Å². The molecule has 0 bridgehead atoms. The van der Waals surface area contributed by atoms with Gasteiger partial charge in [-0.25, -0.2) is 0 Å². The summed E-state index contributed by atoms with van der Waals surface area (Å²) in [6, 6.07) is 6.12. The van der Waals surface area contributed by atoms with E-state index in [9.17, 15) is 4.79 Å². The molecule has 1 heterocycles. The summed E-state index contributed by atoms with van der Waals surface area (Å²) in [7, 11) is 3.15. The standard InChI is InChI=1S/C18H24O5/c1-20-12-14-10-18(11-14)22-15-8-7-13(9-16(15)23-18)5-3-4-6-17(19)21-2/h7-9,14H,3-6,10-12H2,1-2H3. The predicted molar refractivity (Wildman–Crippen MR) is 84.6 cm³/mol. The van der Waals surface area contributed by atoms with Crippen molar-refractivity contribution in [3.05, 3.63) is 23.8 Å².